The topological polar surface area (TPSA) is 37.6 Å². The molecule has 0 radical (unpaired) electrons. The van der Waals surface area contributed by atoms with E-state index in [1.165, 1.54) is 16.5 Å². The molecule has 0 bridgehead atoms. The molecule has 3 aromatic rings. The number of benzene rings is 1. The summed E-state index contributed by atoms with van der Waals surface area (Å²) in [5.74, 6) is 0. The first kappa shape index (κ1) is 17.2. The Morgan fingerprint density at radius 2 is 1.88 bits per heavy atom. The van der Waals surface area contributed by atoms with Crippen molar-refractivity contribution in [1.29, 1.82) is 0 Å². The van der Waals surface area contributed by atoms with Crippen molar-refractivity contribution in [3.63, 3.8) is 0 Å². The summed E-state index contributed by atoms with van der Waals surface area (Å²) < 4.78 is 39.8. The fourth-order valence-electron chi connectivity index (χ4n) is 2.67. The molecule has 25 heavy (non-hydrogen) atoms. The fourth-order valence-corrected chi connectivity index (χ4v) is 2.67. The summed E-state index contributed by atoms with van der Waals surface area (Å²) in [4.78, 5) is 18.3. The van der Waals surface area contributed by atoms with E-state index < -0.39 is 11.7 Å². The van der Waals surface area contributed by atoms with Crippen molar-refractivity contribution in [3.05, 3.63) is 81.9 Å². The number of hydrogen-bond acceptors (Lipinski definition) is 3. The van der Waals surface area contributed by atoms with E-state index in [0.717, 1.165) is 12.1 Å². The number of rotatable bonds is 4. The van der Waals surface area contributed by atoms with Crippen LogP contribution in [0, 0.1) is 0 Å². The average Bonchev–Trinajstić information content (AvgIpc) is 2.54. The predicted molar refractivity (Wildman–Crippen MR) is 88.1 cm³/mol. The summed E-state index contributed by atoms with van der Waals surface area (Å²) >= 11 is 0. The van der Waals surface area contributed by atoms with Crippen LogP contribution in [0.4, 0.5) is 13.2 Å². The van der Waals surface area contributed by atoms with E-state index in [2.05, 4.69) is 4.98 Å². The van der Waals surface area contributed by atoms with Crippen molar-refractivity contribution >= 4 is 5.65 Å². The summed E-state index contributed by atoms with van der Waals surface area (Å²) in [5, 5.41) is 0. The van der Waals surface area contributed by atoms with E-state index in [0.29, 0.717) is 30.0 Å². The van der Waals surface area contributed by atoms with Crippen LogP contribution in [0.3, 0.4) is 0 Å². The third-order valence-electron chi connectivity index (χ3n) is 3.76. The highest BCUT2D eigenvalue weighted by molar-refractivity contribution is 5.38. The molecule has 0 amide bonds. The molecule has 130 valence electrons. The van der Waals surface area contributed by atoms with Crippen LogP contribution in [0.1, 0.15) is 16.8 Å². The zero-order valence-electron chi connectivity index (χ0n) is 13.5. The Bertz CT molecular complexity index is 950. The van der Waals surface area contributed by atoms with Gasteiger partial charge in [0, 0.05) is 25.4 Å². The third-order valence-corrected chi connectivity index (χ3v) is 3.76. The van der Waals surface area contributed by atoms with Gasteiger partial charge in [0.1, 0.15) is 5.65 Å². The Hall–Kier alpha value is -2.67. The first-order valence-corrected chi connectivity index (χ1v) is 7.65. The maximum absolute atomic E-state index is 12.8. The van der Waals surface area contributed by atoms with E-state index in [-0.39, 0.29) is 5.56 Å². The second kappa shape index (κ2) is 6.68. The molecule has 0 saturated heterocycles. The fraction of sp³-hybridized carbons (Fsp3) is 0.222. The Morgan fingerprint density at radius 1 is 1.08 bits per heavy atom. The van der Waals surface area contributed by atoms with Crippen LogP contribution >= 0.6 is 0 Å². The lowest BCUT2D eigenvalue weighted by atomic mass is 10.1. The van der Waals surface area contributed by atoms with Crippen LogP contribution < -0.4 is 5.56 Å². The Morgan fingerprint density at radius 3 is 2.64 bits per heavy atom. The molecule has 0 aliphatic heterocycles. The third kappa shape index (κ3) is 4.06. The van der Waals surface area contributed by atoms with Crippen molar-refractivity contribution < 1.29 is 13.2 Å². The lowest BCUT2D eigenvalue weighted by Gasteiger charge is -2.17. The molecule has 4 nitrogen and oxygen atoms in total. The lowest BCUT2D eigenvalue weighted by molar-refractivity contribution is -0.137. The molecule has 3 rings (SSSR count). The summed E-state index contributed by atoms with van der Waals surface area (Å²) in [6.07, 6.45) is -2.72. The molecule has 0 aliphatic rings. The van der Waals surface area contributed by atoms with Crippen LogP contribution in [-0.4, -0.2) is 21.3 Å². The molecule has 0 spiro atoms. The van der Waals surface area contributed by atoms with Crippen LogP contribution in [0.5, 0.6) is 0 Å². The molecule has 0 aliphatic carbocycles. The highest BCUT2D eigenvalue weighted by atomic mass is 19.4. The molecular weight excluding hydrogens is 331 g/mol. The van der Waals surface area contributed by atoms with Gasteiger partial charge in [-0.2, -0.15) is 13.2 Å². The zero-order valence-corrected chi connectivity index (χ0v) is 13.5. The summed E-state index contributed by atoms with van der Waals surface area (Å²) in [5.41, 5.74) is 0.812. The molecule has 7 heteroatoms. The lowest BCUT2D eigenvalue weighted by Crippen LogP contribution is -2.22. The number of hydrogen-bond donors (Lipinski definition) is 0. The quantitative estimate of drug-likeness (QED) is 0.726. The largest absolute Gasteiger partial charge is 0.416 e. The van der Waals surface area contributed by atoms with Crippen LogP contribution in [0.15, 0.2) is 59.5 Å². The molecule has 0 saturated carbocycles. The average molecular weight is 347 g/mol. The monoisotopic (exact) mass is 347 g/mol. The first-order chi connectivity index (χ1) is 11.8. The van der Waals surface area contributed by atoms with Gasteiger partial charge in [-0.1, -0.05) is 24.3 Å². The van der Waals surface area contributed by atoms with Gasteiger partial charge < -0.3 is 0 Å². The number of alkyl halides is 3. The van der Waals surface area contributed by atoms with Gasteiger partial charge in [0.15, 0.2) is 0 Å². The molecule has 2 aromatic heterocycles. The molecular formula is C18H16F3N3O. The highest BCUT2D eigenvalue weighted by Gasteiger charge is 2.30. The number of aromatic nitrogens is 2. The van der Waals surface area contributed by atoms with Crippen LogP contribution in [0.2, 0.25) is 0 Å². The number of nitrogens with zero attached hydrogens (tertiary/aromatic N) is 3. The van der Waals surface area contributed by atoms with Gasteiger partial charge in [-0.15, -0.1) is 0 Å². The second-order valence-corrected chi connectivity index (χ2v) is 5.88. The van der Waals surface area contributed by atoms with E-state index in [4.69, 9.17) is 0 Å². The maximum atomic E-state index is 12.8. The molecule has 0 atom stereocenters. The van der Waals surface area contributed by atoms with Gasteiger partial charge in [-0.05, 0) is 30.8 Å². The van der Waals surface area contributed by atoms with Crippen molar-refractivity contribution in [2.75, 3.05) is 7.05 Å². The molecule has 2 heterocycles. The van der Waals surface area contributed by atoms with E-state index >= 15 is 0 Å². The van der Waals surface area contributed by atoms with Gasteiger partial charge in [0.2, 0.25) is 0 Å². The second-order valence-electron chi connectivity index (χ2n) is 5.88. The first-order valence-electron chi connectivity index (χ1n) is 7.65. The van der Waals surface area contributed by atoms with Gasteiger partial charge >= 0.3 is 6.18 Å². The van der Waals surface area contributed by atoms with E-state index in [1.54, 1.807) is 37.5 Å². The smallest absolute Gasteiger partial charge is 0.296 e. The van der Waals surface area contributed by atoms with Crippen LogP contribution in [0.25, 0.3) is 5.65 Å². The molecule has 1 aromatic carbocycles. The number of pyridine rings is 1. The summed E-state index contributed by atoms with van der Waals surface area (Å²) in [6, 6.07) is 11.9. The molecule has 0 unspecified atom stereocenters. The number of fused-ring (bicyclic) bond motifs is 1. The Balaban J connectivity index is 1.77. The molecule has 0 fully saturated rings. The number of halogens is 3. The van der Waals surface area contributed by atoms with E-state index in [1.807, 2.05) is 4.90 Å². The Kier molecular flexibility index (Phi) is 4.59. The zero-order chi connectivity index (χ0) is 18.0. The predicted octanol–water partition coefficient (Wildman–Crippen LogP) is 3.35. The maximum Gasteiger partial charge on any atom is 0.416 e. The van der Waals surface area contributed by atoms with Gasteiger partial charge in [0.05, 0.1) is 11.3 Å². The van der Waals surface area contributed by atoms with Crippen molar-refractivity contribution in [2.24, 2.45) is 0 Å². The standard InChI is InChI=1S/C18H16F3N3O/c1-23(11-13-5-4-6-14(9-13)18(19,20)21)12-15-10-17(25)24-8-3-2-7-16(24)22-15/h2-10H,11-12H2,1H3. The van der Waals surface area contributed by atoms with Crippen molar-refractivity contribution in [2.45, 2.75) is 19.3 Å². The van der Waals surface area contributed by atoms with Gasteiger partial charge in [0.25, 0.3) is 5.56 Å². The van der Waals surface area contributed by atoms with Crippen LogP contribution in [-0.2, 0) is 19.3 Å². The van der Waals surface area contributed by atoms with Crippen molar-refractivity contribution in [3.8, 4) is 0 Å². The normalized spacial score (nSPS) is 12.0. The minimum absolute atomic E-state index is 0.187. The minimum atomic E-state index is -4.36. The summed E-state index contributed by atoms with van der Waals surface area (Å²) in [7, 11) is 1.77. The van der Waals surface area contributed by atoms with Gasteiger partial charge in [-0.3, -0.25) is 14.1 Å². The highest BCUT2D eigenvalue weighted by Crippen LogP contribution is 2.29. The van der Waals surface area contributed by atoms with Gasteiger partial charge in [-0.25, -0.2) is 4.98 Å². The van der Waals surface area contributed by atoms with Crippen molar-refractivity contribution in [1.82, 2.24) is 14.3 Å². The minimum Gasteiger partial charge on any atom is -0.296 e. The summed E-state index contributed by atoms with van der Waals surface area (Å²) in [6.45, 7) is 0.677. The SMILES string of the molecule is CN(Cc1cccc(C(F)(F)F)c1)Cc1cc(=O)n2ccccc2n1. The van der Waals surface area contributed by atoms with E-state index in [9.17, 15) is 18.0 Å². The molecule has 0 N–H and O–H groups in total. The Labute approximate surface area is 142 Å².